The van der Waals surface area contributed by atoms with E-state index in [1.54, 1.807) is 11.3 Å². The fourth-order valence-electron chi connectivity index (χ4n) is 12.4. The molecule has 0 bridgehead atoms. The van der Waals surface area contributed by atoms with Gasteiger partial charge in [0.05, 0.1) is 28.8 Å². The van der Waals surface area contributed by atoms with Crippen LogP contribution in [-0.2, 0) is 48.2 Å². The molecular formula is C69H93N9O9S. The lowest BCUT2D eigenvalue weighted by Gasteiger charge is -2.35. The Kier molecular flexibility index (Phi) is 23.8. The van der Waals surface area contributed by atoms with Crippen LogP contribution in [0.25, 0.3) is 32.5 Å². The van der Waals surface area contributed by atoms with Crippen LogP contribution in [0.15, 0.2) is 89.3 Å². The molecule has 2 saturated heterocycles. The van der Waals surface area contributed by atoms with Crippen LogP contribution < -0.4 is 21.5 Å². The quantitative estimate of drug-likeness (QED) is 0.0267. The maximum absolute atomic E-state index is 14.0. The number of thiazole rings is 1. The van der Waals surface area contributed by atoms with Gasteiger partial charge in [0.25, 0.3) is 11.5 Å². The molecule has 3 atom stereocenters. The van der Waals surface area contributed by atoms with Gasteiger partial charge in [-0.15, -0.1) is 11.3 Å². The number of hydrogen-bond acceptors (Lipinski definition) is 13. The van der Waals surface area contributed by atoms with Crippen LogP contribution in [0.5, 0.6) is 0 Å². The summed E-state index contributed by atoms with van der Waals surface area (Å²) in [6, 6.07) is 23.6. The third-order valence-corrected chi connectivity index (χ3v) is 18.5. The van der Waals surface area contributed by atoms with Crippen molar-refractivity contribution < 1.29 is 38.5 Å². The molecular weight excluding hydrogens is 1130 g/mol. The number of β-amino-alcohol motifs (C(OH)–C–C–N with tert-alkyl or cyclic N) is 1. The number of aliphatic hydroxyl groups is 1. The van der Waals surface area contributed by atoms with Gasteiger partial charge in [0.15, 0.2) is 0 Å². The fraction of sp³-hybridized carbons (Fsp3) is 0.536. The number of piperazine rings is 1. The van der Waals surface area contributed by atoms with Crippen molar-refractivity contribution in [3.63, 3.8) is 0 Å². The first-order chi connectivity index (χ1) is 42.5. The average Bonchev–Trinajstić information content (AvgIpc) is 2.26. The number of carbonyl (C=O) groups excluding carboxylic acids is 4. The number of nitrogens with zero attached hydrogens (tertiary/aromatic N) is 5. The van der Waals surface area contributed by atoms with Crippen LogP contribution >= 0.6 is 11.3 Å². The standard InChI is InChI=1S/C69H93N9O9S/c1-47-37-48(2)73-66(82)59(47)42-71-65(81)58-38-54(39-60-57(58)25-26-77(60)55-15-9-10-16-55)52-21-19-51(20-22-52)43-76-29-27-75(28-30-76)31-36-86-34-13-7-11-32-85-33-12-8-14-35-87-45-62(80)74-64(69(4,5)6)68(84)78-44-56(79)40-61(78)67(83)70-41-50-17-23-53(24-18-50)63-49(3)72-46-88-63/h17-26,37-39,46,55-56,61,64,79H,7-16,27-36,40-45H2,1-6H3,(H,70,83)(H,71,81)(H,73,82)(H,74,80)/t56-,61+,64-/m1/s1. The van der Waals surface area contributed by atoms with E-state index in [2.05, 4.69) is 82.9 Å². The molecule has 5 heterocycles. The second-order valence-corrected chi connectivity index (χ2v) is 26.3. The lowest BCUT2D eigenvalue weighted by atomic mass is 9.85. The van der Waals surface area contributed by atoms with Crippen molar-refractivity contribution >= 4 is 45.9 Å². The Morgan fingerprint density at radius 2 is 1.40 bits per heavy atom. The number of benzene rings is 3. The molecule has 18 nitrogen and oxygen atoms in total. The topological polar surface area (TPSA) is 213 Å². The van der Waals surface area contributed by atoms with Crippen molar-refractivity contribution in [3.8, 4) is 21.6 Å². The van der Waals surface area contributed by atoms with Gasteiger partial charge in [-0.05, 0) is 135 Å². The van der Waals surface area contributed by atoms with Gasteiger partial charge in [-0.1, -0.05) is 82.1 Å². The number of unbranched alkanes of at least 4 members (excludes halogenated alkanes) is 4. The SMILES string of the molecule is Cc1cc(C)c(CNC(=O)c2cc(-c3ccc(CN4CCN(CCOCCCCCOCCCCCOCC(=O)N[C@H](C(=O)N5C[C@H](O)C[C@H]5C(=O)NCc5ccc(-c6scnc6C)cc5)C(C)(C)C)CC4)cc3)cc3c2ccn3C2CCCC2)c(=O)[nH]1. The molecule has 88 heavy (non-hydrogen) atoms. The number of amides is 4. The van der Waals surface area contributed by atoms with E-state index < -0.39 is 35.4 Å². The maximum atomic E-state index is 14.0. The highest BCUT2D eigenvalue weighted by molar-refractivity contribution is 7.13. The largest absolute Gasteiger partial charge is 0.391 e. The number of hydrogen-bond donors (Lipinski definition) is 5. The average molecular weight is 1220 g/mol. The van der Waals surface area contributed by atoms with Gasteiger partial charge >= 0.3 is 0 Å². The highest BCUT2D eigenvalue weighted by Crippen LogP contribution is 2.37. The predicted octanol–water partition coefficient (Wildman–Crippen LogP) is 9.41. The van der Waals surface area contributed by atoms with E-state index in [1.807, 2.05) is 83.5 Å². The number of aromatic amines is 1. The monoisotopic (exact) mass is 1220 g/mol. The summed E-state index contributed by atoms with van der Waals surface area (Å²) in [6.45, 7) is 20.7. The molecule has 5 N–H and O–H groups in total. The highest BCUT2D eigenvalue weighted by atomic mass is 32.1. The molecule has 1 aliphatic carbocycles. The van der Waals surface area contributed by atoms with Gasteiger partial charge in [0.2, 0.25) is 17.7 Å². The van der Waals surface area contributed by atoms with Crippen molar-refractivity contribution in [2.24, 2.45) is 5.41 Å². The summed E-state index contributed by atoms with van der Waals surface area (Å²) in [5.41, 5.74) is 11.2. The Bertz CT molecular complexity index is 3320. The number of aliphatic hydroxyl groups excluding tert-OH is 1. The summed E-state index contributed by atoms with van der Waals surface area (Å²) in [7, 11) is 0. The number of rotatable bonds is 30. The maximum Gasteiger partial charge on any atom is 0.253 e. The van der Waals surface area contributed by atoms with Crippen LogP contribution in [0.1, 0.15) is 141 Å². The zero-order valence-corrected chi connectivity index (χ0v) is 53.5. The molecule has 474 valence electrons. The second-order valence-electron chi connectivity index (χ2n) is 25.4. The van der Waals surface area contributed by atoms with Crippen molar-refractivity contribution in [1.82, 2.24) is 45.2 Å². The number of fused-ring (bicyclic) bond motifs is 1. The van der Waals surface area contributed by atoms with Crippen molar-refractivity contribution in [1.29, 1.82) is 0 Å². The lowest BCUT2D eigenvalue weighted by Crippen LogP contribution is -2.58. The van der Waals surface area contributed by atoms with Crippen molar-refractivity contribution in [2.75, 3.05) is 78.9 Å². The normalized spacial score (nSPS) is 17.2. The van der Waals surface area contributed by atoms with E-state index in [9.17, 15) is 29.1 Å². The Morgan fingerprint density at radius 1 is 0.750 bits per heavy atom. The first-order valence-corrected chi connectivity index (χ1v) is 32.8. The zero-order valence-electron chi connectivity index (χ0n) is 52.6. The Labute approximate surface area is 523 Å². The highest BCUT2D eigenvalue weighted by Gasteiger charge is 2.44. The van der Waals surface area contributed by atoms with Gasteiger partial charge in [-0.3, -0.25) is 33.8 Å². The van der Waals surface area contributed by atoms with E-state index in [-0.39, 0.29) is 50.0 Å². The number of H-pyrrole nitrogens is 1. The Morgan fingerprint density at radius 3 is 2.06 bits per heavy atom. The minimum atomic E-state index is -0.923. The molecule has 3 fully saturated rings. The van der Waals surface area contributed by atoms with E-state index in [4.69, 9.17) is 14.2 Å². The first-order valence-electron chi connectivity index (χ1n) is 31.9. The molecule has 0 spiro atoms. The molecule has 0 unspecified atom stereocenters. The number of nitrogens with one attached hydrogen (secondary N) is 4. The summed E-state index contributed by atoms with van der Waals surface area (Å²) in [6.07, 6.45) is 11.8. The van der Waals surface area contributed by atoms with Gasteiger partial charge in [0.1, 0.15) is 18.7 Å². The van der Waals surface area contributed by atoms with Gasteiger partial charge in [-0.2, -0.15) is 0 Å². The van der Waals surface area contributed by atoms with Crippen molar-refractivity contribution in [2.45, 2.75) is 156 Å². The Balaban J connectivity index is 0.593. The molecule has 2 aliphatic heterocycles. The summed E-state index contributed by atoms with van der Waals surface area (Å²) in [4.78, 5) is 82.0. The number of pyridine rings is 1. The molecule has 3 aromatic heterocycles. The smallest absolute Gasteiger partial charge is 0.253 e. The number of ether oxygens (including phenoxy) is 3. The minimum Gasteiger partial charge on any atom is -0.391 e. The molecule has 19 heteroatoms. The van der Waals surface area contributed by atoms with Crippen LogP contribution in [-0.4, -0.2) is 155 Å². The molecule has 4 amide bonds. The molecule has 1 saturated carbocycles. The van der Waals surface area contributed by atoms with Crippen molar-refractivity contribution in [3.05, 3.63) is 134 Å². The van der Waals surface area contributed by atoms with E-state index >= 15 is 0 Å². The zero-order chi connectivity index (χ0) is 62.2. The van der Waals surface area contributed by atoms with E-state index in [0.717, 1.165) is 165 Å². The molecule has 0 radical (unpaired) electrons. The van der Waals surface area contributed by atoms with Crippen LogP contribution in [0.3, 0.4) is 0 Å². The number of carbonyl (C=O) groups is 4. The fourth-order valence-corrected chi connectivity index (χ4v) is 13.2. The molecule has 3 aromatic carbocycles. The van der Waals surface area contributed by atoms with Gasteiger partial charge in [0, 0.05) is 132 Å². The predicted molar refractivity (Wildman–Crippen MR) is 346 cm³/mol. The summed E-state index contributed by atoms with van der Waals surface area (Å²) in [5.74, 6) is -1.35. The van der Waals surface area contributed by atoms with E-state index in [0.29, 0.717) is 30.4 Å². The number of likely N-dealkylation sites (tertiary alicyclic amines) is 1. The summed E-state index contributed by atoms with van der Waals surface area (Å²) < 4.78 is 20.0. The lowest BCUT2D eigenvalue weighted by molar-refractivity contribution is -0.144. The van der Waals surface area contributed by atoms with Gasteiger partial charge in [-0.25, -0.2) is 4.98 Å². The first kappa shape index (κ1) is 65.9. The van der Waals surface area contributed by atoms with Crippen LogP contribution in [0.2, 0.25) is 0 Å². The van der Waals surface area contributed by atoms with Crippen LogP contribution in [0.4, 0.5) is 0 Å². The van der Waals surface area contributed by atoms with Crippen LogP contribution in [0, 0.1) is 26.2 Å². The molecule has 9 rings (SSSR count). The third-order valence-electron chi connectivity index (χ3n) is 17.5. The van der Waals surface area contributed by atoms with E-state index in [1.165, 1.54) is 23.3 Å². The Hall–Kier alpha value is -6.58. The second kappa shape index (κ2) is 31.7. The molecule has 6 aromatic rings. The summed E-state index contributed by atoms with van der Waals surface area (Å²) >= 11 is 1.58. The number of aromatic nitrogens is 3. The summed E-state index contributed by atoms with van der Waals surface area (Å²) in [5, 5.41) is 20.4. The number of aryl methyl sites for hydroxylation is 3. The minimum absolute atomic E-state index is 0.00776. The third kappa shape index (κ3) is 18.1. The van der Waals surface area contributed by atoms with Gasteiger partial charge < -0.3 is 49.7 Å². The molecule has 3 aliphatic rings.